The number of rotatable bonds is 4. The van der Waals surface area contributed by atoms with E-state index in [4.69, 9.17) is 10.5 Å². The third-order valence-corrected chi connectivity index (χ3v) is 3.94. The van der Waals surface area contributed by atoms with Crippen molar-refractivity contribution in [2.45, 2.75) is 0 Å². The molecule has 2 aromatic carbocycles. The highest BCUT2D eigenvalue weighted by Crippen LogP contribution is 2.30. The molecule has 0 aliphatic heterocycles. The van der Waals surface area contributed by atoms with Crippen LogP contribution >= 0.6 is 0 Å². The van der Waals surface area contributed by atoms with Gasteiger partial charge in [0.1, 0.15) is 5.75 Å². The molecule has 0 bridgehead atoms. The van der Waals surface area contributed by atoms with Gasteiger partial charge in [-0.25, -0.2) is 9.97 Å². The maximum absolute atomic E-state index is 6.10. The van der Waals surface area contributed by atoms with Crippen molar-refractivity contribution in [3.8, 4) is 11.4 Å². The van der Waals surface area contributed by atoms with Gasteiger partial charge in [0.15, 0.2) is 11.6 Å². The van der Waals surface area contributed by atoms with E-state index in [9.17, 15) is 0 Å². The zero-order valence-electron chi connectivity index (χ0n) is 13.7. The van der Waals surface area contributed by atoms with Gasteiger partial charge in [-0.1, -0.05) is 12.1 Å². The minimum atomic E-state index is 0.347. The number of benzene rings is 2. The molecule has 25 heavy (non-hydrogen) atoms. The number of hydrogen-bond donors (Lipinski definition) is 2. The first-order chi connectivity index (χ1) is 12.2. The number of nitrogen functional groups attached to an aromatic ring is 1. The molecule has 0 fully saturated rings. The zero-order valence-corrected chi connectivity index (χ0v) is 13.7. The van der Waals surface area contributed by atoms with E-state index in [2.05, 4.69) is 15.3 Å². The van der Waals surface area contributed by atoms with Crippen molar-refractivity contribution in [2.75, 3.05) is 18.2 Å². The van der Waals surface area contributed by atoms with Crippen LogP contribution in [-0.2, 0) is 0 Å². The number of nitrogens with zero attached hydrogens (tertiary/aromatic N) is 3. The van der Waals surface area contributed by atoms with Crippen molar-refractivity contribution >= 4 is 28.4 Å². The molecule has 124 valence electrons. The summed E-state index contributed by atoms with van der Waals surface area (Å²) in [6.45, 7) is 0. The summed E-state index contributed by atoms with van der Waals surface area (Å²) in [5.41, 5.74) is 9.43. The van der Waals surface area contributed by atoms with Crippen molar-refractivity contribution in [2.24, 2.45) is 0 Å². The number of para-hydroxylation sites is 2. The molecule has 0 saturated carbocycles. The maximum atomic E-state index is 6.10. The zero-order chi connectivity index (χ0) is 17.2. The highest BCUT2D eigenvalue weighted by atomic mass is 16.5. The fourth-order valence-electron chi connectivity index (χ4n) is 2.70. The summed E-state index contributed by atoms with van der Waals surface area (Å²) in [5, 5.41) is 3.30. The molecule has 6 heteroatoms. The molecule has 0 aliphatic rings. The molecular formula is C19H17N5O. The Bertz CT molecular complexity index is 1030. The summed E-state index contributed by atoms with van der Waals surface area (Å²) >= 11 is 0. The lowest BCUT2D eigenvalue weighted by atomic mass is 10.2. The average Bonchev–Trinajstić information content (AvgIpc) is 3.16. The molecule has 4 rings (SSSR count). The number of nitrogens with two attached hydrogens (primary N) is 1. The second-order valence-electron chi connectivity index (χ2n) is 5.54. The van der Waals surface area contributed by atoms with Gasteiger partial charge < -0.3 is 20.4 Å². The SMILES string of the molecule is COc1ccc(-n2cccc2)c(Nc2nc3ccccc3nc2N)c1. The van der Waals surface area contributed by atoms with Crippen LogP contribution in [0.3, 0.4) is 0 Å². The Balaban J connectivity index is 1.81. The Morgan fingerprint density at radius 1 is 0.960 bits per heavy atom. The van der Waals surface area contributed by atoms with Crippen LogP contribution in [0, 0.1) is 0 Å². The molecule has 0 unspecified atom stereocenters. The number of hydrogen-bond acceptors (Lipinski definition) is 5. The monoisotopic (exact) mass is 331 g/mol. The first kappa shape index (κ1) is 15.0. The Morgan fingerprint density at radius 3 is 2.40 bits per heavy atom. The molecule has 0 atom stereocenters. The van der Waals surface area contributed by atoms with Gasteiger partial charge >= 0.3 is 0 Å². The molecule has 2 aromatic heterocycles. The molecule has 2 heterocycles. The molecule has 0 saturated heterocycles. The minimum absolute atomic E-state index is 0.347. The topological polar surface area (TPSA) is 78.0 Å². The van der Waals surface area contributed by atoms with Gasteiger partial charge in [-0.2, -0.15) is 0 Å². The normalized spacial score (nSPS) is 10.8. The number of ether oxygens (including phenoxy) is 1. The molecule has 4 aromatic rings. The summed E-state index contributed by atoms with van der Waals surface area (Å²) in [6, 6.07) is 17.4. The second kappa shape index (κ2) is 6.16. The van der Waals surface area contributed by atoms with Crippen molar-refractivity contribution in [3.63, 3.8) is 0 Å². The lowest BCUT2D eigenvalue weighted by molar-refractivity contribution is 0.415. The molecule has 0 radical (unpaired) electrons. The first-order valence-corrected chi connectivity index (χ1v) is 7.85. The Kier molecular flexibility index (Phi) is 3.70. The summed E-state index contributed by atoms with van der Waals surface area (Å²) < 4.78 is 7.36. The summed E-state index contributed by atoms with van der Waals surface area (Å²) in [7, 11) is 1.64. The van der Waals surface area contributed by atoms with Gasteiger partial charge in [-0.15, -0.1) is 0 Å². The highest BCUT2D eigenvalue weighted by molar-refractivity contribution is 5.82. The van der Waals surface area contributed by atoms with E-state index >= 15 is 0 Å². The Hall–Kier alpha value is -3.54. The van der Waals surface area contributed by atoms with Crippen molar-refractivity contribution in [3.05, 3.63) is 67.0 Å². The molecule has 6 nitrogen and oxygen atoms in total. The third-order valence-electron chi connectivity index (χ3n) is 3.94. The van der Waals surface area contributed by atoms with Crippen LogP contribution in [0.1, 0.15) is 0 Å². The van der Waals surface area contributed by atoms with E-state index in [1.807, 2.05) is 71.6 Å². The number of methoxy groups -OCH3 is 1. The Morgan fingerprint density at radius 2 is 1.68 bits per heavy atom. The minimum Gasteiger partial charge on any atom is -0.497 e. The van der Waals surface area contributed by atoms with Crippen LogP contribution in [0.5, 0.6) is 5.75 Å². The van der Waals surface area contributed by atoms with Gasteiger partial charge in [0.25, 0.3) is 0 Å². The van der Waals surface area contributed by atoms with Crippen LogP contribution in [0.4, 0.5) is 17.3 Å². The molecule has 0 aliphatic carbocycles. The van der Waals surface area contributed by atoms with Gasteiger partial charge in [-0.05, 0) is 36.4 Å². The largest absolute Gasteiger partial charge is 0.497 e. The van der Waals surface area contributed by atoms with E-state index in [1.54, 1.807) is 7.11 Å². The Labute approximate surface area is 144 Å². The van der Waals surface area contributed by atoms with Gasteiger partial charge in [-0.3, -0.25) is 0 Å². The average molecular weight is 331 g/mol. The predicted octanol–water partition coefficient (Wildman–Crippen LogP) is 3.75. The van der Waals surface area contributed by atoms with Crippen molar-refractivity contribution < 1.29 is 4.74 Å². The van der Waals surface area contributed by atoms with E-state index in [-0.39, 0.29) is 0 Å². The molecular weight excluding hydrogens is 314 g/mol. The number of fused-ring (bicyclic) bond motifs is 1. The number of anilines is 3. The first-order valence-electron chi connectivity index (χ1n) is 7.85. The van der Waals surface area contributed by atoms with Crippen LogP contribution in [0.25, 0.3) is 16.7 Å². The van der Waals surface area contributed by atoms with E-state index in [0.29, 0.717) is 11.6 Å². The van der Waals surface area contributed by atoms with E-state index in [0.717, 1.165) is 28.2 Å². The smallest absolute Gasteiger partial charge is 0.174 e. The van der Waals surface area contributed by atoms with Gasteiger partial charge in [0.05, 0.1) is 29.5 Å². The van der Waals surface area contributed by atoms with Gasteiger partial charge in [0.2, 0.25) is 0 Å². The lowest BCUT2D eigenvalue weighted by Gasteiger charge is -2.15. The number of nitrogens with one attached hydrogen (secondary N) is 1. The van der Waals surface area contributed by atoms with Gasteiger partial charge in [0, 0.05) is 18.5 Å². The van der Waals surface area contributed by atoms with Crippen LogP contribution < -0.4 is 15.8 Å². The second-order valence-corrected chi connectivity index (χ2v) is 5.54. The molecule has 0 amide bonds. The quantitative estimate of drug-likeness (QED) is 0.595. The molecule has 3 N–H and O–H groups in total. The van der Waals surface area contributed by atoms with E-state index < -0.39 is 0 Å². The summed E-state index contributed by atoms with van der Waals surface area (Å²) in [4.78, 5) is 9.02. The van der Waals surface area contributed by atoms with Crippen molar-refractivity contribution in [1.82, 2.24) is 14.5 Å². The van der Waals surface area contributed by atoms with E-state index in [1.165, 1.54) is 0 Å². The fraction of sp³-hybridized carbons (Fsp3) is 0.0526. The number of aromatic nitrogens is 3. The summed E-state index contributed by atoms with van der Waals surface area (Å²) in [5.74, 6) is 1.60. The maximum Gasteiger partial charge on any atom is 0.174 e. The van der Waals surface area contributed by atoms with Crippen LogP contribution in [0.15, 0.2) is 67.0 Å². The van der Waals surface area contributed by atoms with Crippen LogP contribution in [-0.4, -0.2) is 21.6 Å². The fourth-order valence-corrected chi connectivity index (χ4v) is 2.70. The molecule has 0 spiro atoms. The third kappa shape index (κ3) is 2.85. The predicted molar refractivity (Wildman–Crippen MR) is 99.6 cm³/mol. The highest BCUT2D eigenvalue weighted by Gasteiger charge is 2.11. The lowest BCUT2D eigenvalue weighted by Crippen LogP contribution is -2.05. The summed E-state index contributed by atoms with van der Waals surface area (Å²) in [6.07, 6.45) is 3.95. The van der Waals surface area contributed by atoms with Crippen molar-refractivity contribution in [1.29, 1.82) is 0 Å². The standard InChI is InChI=1S/C19H17N5O/c1-25-13-8-9-17(24-10-4-5-11-24)16(12-13)23-19-18(20)21-14-6-2-3-7-15(14)22-19/h2-12H,1H3,(H2,20,21)(H,22,23). The van der Waals surface area contributed by atoms with Crippen LogP contribution in [0.2, 0.25) is 0 Å².